The first kappa shape index (κ1) is 13.1. The molecule has 0 aromatic carbocycles. The van der Waals surface area contributed by atoms with Gasteiger partial charge in [-0.3, -0.25) is 0 Å². The molecule has 0 saturated carbocycles. The molecule has 0 bridgehead atoms. The normalized spacial score (nSPS) is 36.2. The molecule has 2 fully saturated rings. The second-order valence-electron chi connectivity index (χ2n) is 5.06. The highest BCUT2D eigenvalue weighted by molar-refractivity contribution is 5.83. The minimum Gasteiger partial charge on any atom is -0.480 e. The summed E-state index contributed by atoms with van der Waals surface area (Å²) in [6, 6.07) is -1.23. The van der Waals surface area contributed by atoms with Gasteiger partial charge in [0.2, 0.25) is 0 Å². The Kier molecular flexibility index (Phi) is 3.45. The summed E-state index contributed by atoms with van der Waals surface area (Å²) >= 11 is 0. The molecule has 4 unspecified atom stereocenters. The summed E-state index contributed by atoms with van der Waals surface area (Å²) in [7, 11) is 0. The number of carboxylic acid groups (broad SMARTS) is 1. The summed E-state index contributed by atoms with van der Waals surface area (Å²) in [5.41, 5.74) is 0. The molecular weight excluding hydrogens is 240 g/mol. The standard InChI is InChI=1S/C11H18N2O5/c1-6-2-3-13(9(6)10(16)17)11(18)12-4-7(14)8(15)5-12/h6-9,14-15H,2-5H2,1H3,(H,16,17). The van der Waals surface area contributed by atoms with Crippen molar-refractivity contribution in [1.82, 2.24) is 9.80 Å². The summed E-state index contributed by atoms with van der Waals surface area (Å²) in [4.78, 5) is 26.0. The van der Waals surface area contributed by atoms with Gasteiger partial charge in [0.25, 0.3) is 0 Å². The number of aliphatic hydroxyl groups is 2. The molecule has 2 heterocycles. The molecule has 18 heavy (non-hydrogen) atoms. The number of hydrogen-bond acceptors (Lipinski definition) is 4. The van der Waals surface area contributed by atoms with Crippen LogP contribution >= 0.6 is 0 Å². The first-order valence-corrected chi connectivity index (χ1v) is 6.06. The van der Waals surface area contributed by atoms with Gasteiger partial charge in [0.15, 0.2) is 0 Å². The van der Waals surface area contributed by atoms with Crippen LogP contribution in [0.1, 0.15) is 13.3 Å². The fourth-order valence-corrected chi connectivity index (χ4v) is 2.65. The number of β-amino-alcohol motifs (C(OH)–C–C–N with tert-alkyl or cyclic N) is 2. The number of rotatable bonds is 1. The van der Waals surface area contributed by atoms with Crippen molar-refractivity contribution in [2.24, 2.45) is 5.92 Å². The molecular formula is C11H18N2O5. The molecule has 7 heteroatoms. The molecule has 2 aliphatic rings. The van der Waals surface area contributed by atoms with Crippen molar-refractivity contribution in [2.75, 3.05) is 19.6 Å². The lowest BCUT2D eigenvalue weighted by Crippen LogP contribution is -2.49. The Balaban J connectivity index is 2.07. The Hall–Kier alpha value is -1.34. The maximum Gasteiger partial charge on any atom is 0.326 e. The van der Waals surface area contributed by atoms with E-state index in [0.717, 1.165) is 0 Å². The van der Waals surface area contributed by atoms with E-state index >= 15 is 0 Å². The third-order valence-electron chi connectivity index (χ3n) is 3.73. The predicted octanol–water partition coefficient (Wildman–Crippen LogP) is -1.06. The summed E-state index contributed by atoms with van der Waals surface area (Å²) in [5, 5.41) is 28.0. The summed E-state index contributed by atoms with van der Waals surface area (Å²) < 4.78 is 0. The Bertz CT molecular complexity index is 351. The lowest BCUT2D eigenvalue weighted by molar-refractivity contribution is -0.142. The number of aliphatic hydroxyl groups excluding tert-OH is 2. The van der Waals surface area contributed by atoms with E-state index in [2.05, 4.69) is 0 Å². The molecule has 0 radical (unpaired) electrons. The fraction of sp³-hybridized carbons (Fsp3) is 0.818. The van der Waals surface area contributed by atoms with Crippen molar-refractivity contribution in [3.8, 4) is 0 Å². The quantitative estimate of drug-likeness (QED) is 0.556. The second kappa shape index (κ2) is 4.74. The molecule has 4 atom stereocenters. The zero-order chi connectivity index (χ0) is 13.4. The molecule has 0 aromatic rings. The minimum absolute atomic E-state index is 0.0528. The van der Waals surface area contributed by atoms with Gasteiger partial charge in [0.05, 0.1) is 25.3 Å². The van der Waals surface area contributed by atoms with E-state index in [1.165, 1.54) is 9.80 Å². The van der Waals surface area contributed by atoms with Gasteiger partial charge in [-0.15, -0.1) is 0 Å². The number of nitrogens with zero attached hydrogens (tertiary/aromatic N) is 2. The highest BCUT2D eigenvalue weighted by Gasteiger charge is 2.43. The van der Waals surface area contributed by atoms with Gasteiger partial charge in [-0.25, -0.2) is 9.59 Å². The highest BCUT2D eigenvalue weighted by Crippen LogP contribution is 2.26. The van der Waals surface area contributed by atoms with Crippen molar-refractivity contribution in [3.05, 3.63) is 0 Å². The van der Waals surface area contributed by atoms with Crippen molar-refractivity contribution in [2.45, 2.75) is 31.6 Å². The average molecular weight is 258 g/mol. The number of aliphatic carboxylic acids is 1. The van der Waals surface area contributed by atoms with E-state index in [9.17, 15) is 19.8 Å². The number of urea groups is 1. The smallest absolute Gasteiger partial charge is 0.326 e. The van der Waals surface area contributed by atoms with Crippen LogP contribution in [0.4, 0.5) is 4.79 Å². The molecule has 7 nitrogen and oxygen atoms in total. The highest BCUT2D eigenvalue weighted by atomic mass is 16.4. The van der Waals surface area contributed by atoms with Gasteiger partial charge in [0, 0.05) is 6.54 Å². The topological polar surface area (TPSA) is 101 Å². The third-order valence-corrected chi connectivity index (χ3v) is 3.73. The molecule has 2 amide bonds. The number of carbonyl (C=O) groups is 2. The molecule has 0 aromatic heterocycles. The zero-order valence-corrected chi connectivity index (χ0v) is 10.2. The van der Waals surface area contributed by atoms with Gasteiger partial charge in [-0.1, -0.05) is 6.92 Å². The van der Waals surface area contributed by atoms with Gasteiger partial charge in [0.1, 0.15) is 6.04 Å². The number of carboxylic acids is 1. The van der Waals surface area contributed by atoms with Crippen LogP contribution in [0.2, 0.25) is 0 Å². The van der Waals surface area contributed by atoms with Crippen LogP contribution in [0.5, 0.6) is 0 Å². The summed E-state index contributed by atoms with van der Waals surface area (Å²) in [5.74, 6) is -1.09. The molecule has 3 N–H and O–H groups in total. The van der Waals surface area contributed by atoms with Gasteiger partial charge < -0.3 is 25.1 Å². The summed E-state index contributed by atoms with van der Waals surface area (Å²) in [6.45, 7) is 2.31. The molecule has 0 aliphatic carbocycles. The van der Waals surface area contributed by atoms with Crippen molar-refractivity contribution < 1.29 is 24.9 Å². The molecule has 2 rings (SSSR count). The largest absolute Gasteiger partial charge is 0.480 e. The number of carbonyl (C=O) groups excluding carboxylic acids is 1. The molecule has 102 valence electrons. The molecule has 2 saturated heterocycles. The molecule has 0 spiro atoms. The zero-order valence-electron chi connectivity index (χ0n) is 10.2. The number of amides is 2. The Morgan fingerprint density at radius 3 is 2.22 bits per heavy atom. The van der Waals surface area contributed by atoms with Crippen LogP contribution in [0.15, 0.2) is 0 Å². The van der Waals surface area contributed by atoms with Gasteiger partial charge in [-0.2, -0.15) is 0 Å². The Morgan fingerprint density at radius 2 is 1.72 bits per heavy atom. The second-order valence-corrected chi connectivity index (χ2v) is 5.06. The number of likely N-dealkylation sites (tertiary alicyclic amines) is 2. The summed E-state index contributed by atoms with van der Waals surface area (Å²) in [6.07, 6.45) is -1.24. The first-order valence-electron chi connectivity index (χ1n) is 6.06. The number of hydrogen-bond donors (Lipinski definition) is 3. The van der Waals surface area contributed by atoms with Crippen molar-refractivity contribution in [1.29, 1.82) is 0 Å². The van der Waals surface area contributed by atoms with E-state index in [-0.39, 0.29) is 19.0 Å². The Morgan fingerprint density at radius 1 is 1.17 bits per heavy atom. The van der Waals surface area contributed by atoms with Crippen LogP contribution in [-0.2, 0) is 4.79 Å². The van der Waals surface area contributed by atoms with Crippen LogP contribution in [0.25, 0.3) is 0 Å². The first-order chi connectivity index (χ1) is 8.41. The fourth-order valence-electron chi connectivity index (χ4n) is 2.65. The van der Waals surface area contributed by atoms with Crippen LogP contribution in [0, 0.1) is 5.92 Å². The minimum atomic E-state index is -1.01. The van der Waals surface area contributed by atoms with E-state index in [0.29, 0.717) is 13.0 Å². The van der Waals surface area contributed by atoms with E-state index in [1.54, 1.807) is 6.92 Å². The third kappa shape index (κ3) is 2.15. The van der Waals surface area contributed by atoms with Crippen LogP contribution in [-0.4, -0.2) is 75.0 Å². The van der Waals surface area contributed by atoms with Crippen molar-refractivity contribution in [3.63, 3.8) is 0 Å². The van der Waals surface area contributed by atoms with E-state index < -0.39 is 30.3 Å². The maximum absolute atomic E-state index is 12.2. The van der Waals surface area contributed by atoms with Crippen LogP contribution in [0.3, 0.4) is 0 Å². The Labute approximate surface area is 105 Å². The lowest BCUT2D eigenvalue weighted by Gasteiger charge is -2.28. The predicted molar refractivity (Wildman–Crippen MR) is 60.9 cm³/mol. The van der Waals surface area contributed by atoms with E-state index in [4.69, 9.17) is 5.11 Å². The lowest BCUT2D eigenvalue weighted by atomic mass is 10.0. The van der Waals surface area contributed by atoms with Crippen molar-refractivity contribution >= 4 is 12.0 Å². The molecule has 2 aliphatic heterocycles. The monoisotopic (exact) mass is 258 g/mol. The van der Waals surface area contributed by atoms with Gasteiger partial charge in [-0.05, 0) is 12.3 Å². The van der Waals surface area contributed by atoms with Gasteiger partial charge >= 0.3 is 12.0 Å². The maximum atomic E-state index is 12.2. The average Bonchev–Trinajstić information content (AvgIpc) is 2.82. The van der Waals surface area contributed by atoms with E-state index in [1.807, 2.05) is 0 Å². The van der Waals surface area contributed by atoms with Crippen LogP contribution < -0.4 is 0 Å². The SMILES string of the molecule is CC1CCN(C(=O)N2CC(O)C(O)C2)C1C(=O)O.